The van der Waals surface area contributed by atoms with E-state index in [1.807, 2.05) is 53.4 Å². The molecule has 6 rings (SSSR count). The van der Waals surface area contributed by atoms with Gasteiger partial charge < -0.3 is 14.2 Å². The molecular formula is C29H33N7O3. The lowest BCUT2D eigenvalue weighted by atomic mass is 9.95. The first-order valence-corrected chi connectivity index (χ1v) is 13.1. The van der Waals surface area contributed by atoms with Gasteiger partial charge in [0, 0.05) is 45.6 Å². The Labute approximate surface area is 226 Å². The van der Waals surface area contributed by atoms with Gasteiger partial charge in [0.05, 0.1) is 30.2 Å². The molecule has 1 aromatic carbocycles. The van der Waals surface area contributed by atoms with Crippen molar-refractivity contribution in [3.63, 3.8) is 0 Å². The van der Waals surface area contributed by atoms with Crippen molar-refractivity contribution in [2.24, 2.45) is 7.05 Å². The van der Waals surface area contributed by atoms with E-state index in [1.165, 1.54) is 42.4 Å². The monoisotopic (exact) mass is 527 g/mol. The molecule has 202 valence electrons. The number of hydrogen-bond acceptors (Lipinski definition) is 7. The Morgan fingerprint density at radius 1 is 0.923 bits per heavy atom. The van der Waals surface area contributed by atoms with Crippen molar-refractivity contribution in [2.75, 3.05) is 26.1 Å². The summed E-state index contributed by atoms with van der Waals surface area (Å²) < 4.78 is 10.2. The smallest absolute Gasteiger partial charge is 0.278 e. The Bertz CT molecular complexity index is 1710. The summed E-state index contributed by atoms with van der Waals surface area (Å²) in [5, 5.41) is 0.952. The maximum Gasteiger partial charge on any atom is 0.278 e. The van der Waals surface area contributed by atoms with Crippen molar-refractivity contribution in [3.05, 3.63) is 82.2 Å². The van der Waals surface area contributed by atoms with E-state index < -0.39 is 0 Å². The Balaban J connectivity index is 0.000000177. The summed E-state index contributed by atoms with van der Waals surface area (Å²) in [6.45, 7) is 0. The summed E-state index contributed by atoms with van der Waals surface area (Å²) in [5.41, 5.74) is 3.97. The second-order valence-electron chi connectivity index (χ2n) is 9.91. The van der Waals surface area contributed by atoms with Gasteiger partial charge >= 0.3 is 0 Å². The zero-order valence-corrected chi connectivity index (χ0v) is 22.7. The Morgan fingerprint density at radius 2 is 1.67 bits per heavy atom. The van der Waals surface area contributed by atoms with Crippen LogP contribution in [0.3, 0.4) is 0 Å². The summed E-state index contributed by atoms with van der Waals surface area (Å²) in [5.74, 6) is 0.760. The molecule has 0 amide bonds. The molecule has 1 aliphatic carbocycles. The number of nitrogens with zero attached hydrogens (tertiary/aromatic N) is 7. The van der Waals surface area contributed by atoms with Crippen LogP contribution in [0.4, 0.5) is 5.69 Å². The van der Waals surface area contributed by atoms with Crippen molar-refractivity contribution >= 4 is 27.8 Å². The molecule has 0 N–H and O–H groups in total. The number of rotatable bonds is 4. The number of methoxy groups -OCH3 is 1. The highest BCUT2D eigenvalue weighted by atomic mass is 16.5. The molecule has 0 atom stereocenters. The van der Waals surface area contributed by atoms with Crippen molar-refractivity contribution in [1.29, 1.82) is 0 Å². The Hall–Kier alpha value is -4.47. The predicted molar refractivity (Wildman–Crippen MR) is 153 cm³/mol. The van der Waals surface area contributed by atoms with Gasteiger partial charge in [0.15, 0.2) is 0 Å². The van der Waals surface area contributed by atoms with E-state index >= 15 is 0 Å². The van der Waals surface area contributed by atoms with E-state index in [1.54, 1.807) is 31.8 Å². The molecule has 4 aromatic heterocycles. The molecule has 0 radical (unpaired) electrons. The van der Waals surface area contributed by atoms with Crippen LogP contribution < -0.4 is 20.8 Å². The van der Waals surface area contributed by atoms with Crippen molar-refractivity contribution < 1.29 is 4.74 Å². The zero-order valence-electron chi connectivity index (χ0n) is 22.7. The van der Waals surface area contributed by atoms with Crippen molar-refractivity contribution in [2.45, 2.75) is 38.1 Å². The van der Waals surface area contributed by atoms with Gasteiger partial charge in [-0.05, 0) is 43.2 Å². The number of hydrogen-bond donors (Lipinski definition) is 0. The van der Waals surface area contributed by atoms with Gasteiger partial charge in [-0.1, -0.05) is 19.3 Å². The average molecular weight is 528 g/mol. The van der Waals surface area contributed by atoms with Gasteiger partial charge in [0.2, 0.25) is 0 Å². The molecule has 1 aliphatic rings. The van der Waals surface area contributed by atoms with E-state index in [4.69, 9.17) is 4.74 Å². The minimum Gasteiger partial charge on any atom is -0.497 e. The van der Waals surface area contributed by atoms with Gasteiger partial charge in [-0.2, -0.15) is 0 Å². The van der Waals surface area contributed by atoms with E-state index in [9.17, 15) is 9.59 Å². The third-order valence-electron chi connectivity index (χ3n) is 7.29. The molecule has 0 spiro atoms. The summed E-state index contributed by atoms with van der Waals surface area (Å²) in [4.78, 5) is 39.7. The molecule has 39 heavy (non-hydrogen) atoms. The predicted octanol–water partition coefficient (Wildman–Crippen LogP) is 4.10. The Kier molecular flexibility index (Phi) is 7.44. The van der Waals surface area contributed by atoms with Gasteiger partial charge in [-0.15, -0.1) is 0 Å². The minimum absolute atomic E-state index is 0.0529. The molecule has 0 unspecified atom stereocenters. The van der Waals surface area contributed by atoms with Gasteiger partial charge in [-0.3, -0.25) is 18.7 Å². The number of aromatic nitrogens is 6. The normalized spacial score (nSPS) is 13.7. The molecule has 0 saturated heterocycles. The molecule has 10 heteroatoms. The molecule has 10 nitrogen and oxygen atoms in total. The van der Waals surface area contributed by atoms with Gasteiger partial charge in [0.25, 0.3) is 11.1 Å². The van der Waals surface area contributed by atoms with Crippen molar-refractivity contribution in [3.8, 4) is 11.4 Å². The summed E-state index contributed by atoms with van der Waals surface area (Å²) in [6.07, 6.45) is 12.3. The number of fused-ring (bicyclic) bond motifs is 3. The number of benzene rings is 1. The Morgan fingerprint density at radius 3 is 2.33 bits per heavy atom. The second kappa shape index (κ2) is 11.1. The maximum absolute atomic E-state index is 13.2. The maximum atomic E-state index is 13.2. The zero-order chi connectivity index (χ0) is 27.5. The lowest BCUT2D eigenvalue weighted by molar-refractivity contribution is 0.344. The first-order valence-electron chi connectivity index (χ1n) is 13.1. The second-order valence-corrected chi connectivity index (χ2v) is 9.91. The summed E-state index contributed by atoms with van der Waals surface area (Å²) >= 11 is 0. The van der Waals surface area contributed by atoms with Gasteiger partial charge in [0.1, 0.15) is 28.8 Å². The van der Waals surface area contributed by atoms with Gasteiger partial charge in [-0.25, -0.2) is 15.0 Å². The number of anilines is 1. The van der Waals surface area contributed by atoms with Crippen LogP contribution in [0.2, 0.25) is 0 Å². The van der Waals surface area contributed by atoms with E-state index in [2.05, 4.69) is 15.0 Å². The molecule has 0 aliphatic heterocycles. The number of ether oxygens (including phenoxy) is 1. The quantitative estimate of drug-likeness (QED) is 0.347. The van der Waals surface area contributed by atoms with Crippen LogP contribution in [0.5, 0.6) is 5.75 Å². The van der Waals surface area contributed by atoms with Crippen LogP contribution in [0.15, 0.2) is 71.0 Å². The molecule has 1 fully saturated rings. The van der Waals surface area contributed by atoms with Crippen LogP contribution in [-0.2, 0) is 7.05 Å². The molecular weight excluding hydrogens is 494 g/mol. The number of pyridine rings is 1. The average Bonchev–Trinajstić information content (AvgIpc) is 3.27. The fraction of sp³-hybridized carbons (Fsp3) is 0.345. The fourth-order valence-corrected chi connectivity index (χ4v) is 5.25. The third-order valence-corrected chi connectivity index (χ3v) is 7.29. The van der Waals surface area contributed by atoms with Crippen LogP contribution in [0.25, 0.3) is 27.8 Å². The van der Waals surface area contributed by atoms with E-state index in [0.29, 0.717) is 5.52 Å². The summed E-state index contributed by atoms with van der Waals surface area (Å²) in [7, 11) is 7.50. The first kappa shape index (κ1) is 26.1. The number of aryl methyl sites for hydroxylation is 1. The lowest BCUT2D eigenvalue weighted by Crippen LogP contribution is -2.27. The molecule has 1 saturated carbocycles. The van der Waals surface area contributed by atoms with Crippen LogP contribution in [-0.4, -0.2) is 49.9 Å². The lowest BCUT2D eigenvalue weighted by Gasteiger charge is -2.23. The van der Waals surface area contributed by atoms with Crippen molar-refractivity contribution in [1.82, 2.24) is 28.7 Å². The summed E-state index contributed by atoms with van der Waals surface area (Å²) in [6, 6.07) is 10.9. The highest BCUT2D eigenvalue weighted by Crippen LogP contribution is 2.32. The first-order chi connectivity index (χ1) is 18.9. The topological polar surface area (TPSA) is 100 Å². The SMILES string of the molecule is CN(C)c1ccnc2c1c1ncn(C3CCCCC3)c(=O)c1n2C.COc1ccc(-n2cnccc2=O)cc1. The van der Waals surface area contributed by atoms with E-state index in [-0.39, 0.29) is 17.2 Å². The highest BCUT2D eigenvalue weighted by molar-refractivity contribution is 6.10. The largest absolute Gasteiger partial charge is 0.497 e. The van der Waals surface area contributed by atoms with Crippen LogP contribution in [0.1, 0.15) is 38.1 Å². The van der Waals surface area contributed by atoms with Crippen LogP contribution >= 0.6 is 0 Å². The minimum atomic E-state index is -0.102. The molecule has 0 bridgehead atoms. The third kappa shape index (κ3) is 5.01. The molecule has 5 aromatic rings. The van der Waals surface area contributed by atoms with Crippen LogP contribution in [0, 0.1) is 0 Å². The van der Waals surface area contributed by atoms with E-state index in [0.717, 1.165) is 46.5 Å². The highest BCUT2D eigenvalue weighted by Gasteiger charge is 2.22. The fourth-order valence-electron chi connectivity index (χ4n) is 5.25. The standard InChI is InChI=1S/C18H23N5O.C11H10N2O2/c1-21(2)13-9-10-19-17-14(13)15-16(22(17)3)18(24)23(11-20-15)12-7-5-4-6-8-12;1-15-10-4-2-9(3-5-10)13-8-12-7-6-11(13)14/h9-12H,4-8H2,1-3H3;2-8H,1H3. The molecule has 4 heterocycles.